The van der Waals surface area contributed by atoms with Gasteiger partial charge in [0.05, 0.1) is 0 Å². The highest BCUT2D eigenvalue weighted by Gasteiger charge is 2.30. The van der Waals surface area contributed by atoms with Crippen LogP contribution < -0.4 is 0 Å². The third kappa shape index (κ3) is 5.16. The van der Waals surface area contributed by atoms with Crippen LogP contribution in [0.5, 0.6) is 0 Å². The molecule has 0 unspecified atom stereocenters. The van der Waals surface area contributed by atoms with Crippen LogP contribution >= 0.6 is 31.9 Å². The quantitative estimate of drug-likeness (QED) is 0.636. The summed E-state index contributed by atoms with van der Waals surface area (Å²) in [5.74, 6) is -0.0893. The lowest BCUT2D eigenvalue weighted by molar-refractivity contribution is 0.494. The van der Waals surface area contributed by atoms with E-state index < -0.39 is 9.84 Å². The maximum atomic E-state index is 13.0. The fourth-order valence-corrected chi connectivity index (χ4v) is 4.75. The summed E-state index contributed by atoms with van der Waals surface area (Å²) in [5, 5.41) is 1.39. The van der Waals surface area contributed by atoms with Gasteiger partial charge in [0.2, 0.25) is 0 Å². The lowest BCUT2D eigenvalue weighted by atomic mass is 9.80. The molecule has 0 saturated heterocycles. The second kappa shape index (κ2) is 7.18. The summed E-state index contributed by atoms with van der Waals surface area (Å²) in [4.78, 5) is 0. The molecule has 1 rings (SSSR count). The van der Waals surface area contributed by atoms with Crippen LogP contribution in [0.2, 0.25) is 0 Å². The summed E-state index contributed by atoms with van der Waals surface area (Å²) in [6.07, 6.45) is 2.56. The average Bonchev–Trinajstić information content (AvgIpc) is 2.35. The second-order valence-corrected chi connectivity index (χ2v) is 8.17. The van der Waals surface area contributed by atoms with Crippen molar-refractivity contribution in [2.24, 2.45) is 0 Å². The molecule has 0 aliphatic heterocycles. The molecule has 0 aliphatic rings. The fraction of sp³-hybridized carbons (Fsp3) is 0.538. The zero-order chi connectivity index (χ0) is 14.5. The number of hydrogen-bond donors (Lipinski definition) is 0. The molecule has 0 amide bonds. The minimum Gasteiger partial charge on any atom is -0.229 e. The number of hydrogen-bond acceptors (Lipinski definition) is 2. The third-order valence-corrected chi connectivity index (χ3v) is 6.32. The lowest BCUT2D eigenvalue weighted by Gasteiger charge is -2.30. The van der Waals surface area contributed by atoms with Crippen molar-refractivity contribution in [3.05, 3.63) is 35.6 Å². The van der Waals surface area contributed by atoms with Crippen LogP contribution in [0.4, 0.5) is 4.39 Å². The maximum absolute atomic E-state index is 13.0. The van der Waals surface area contributed by atoms with Crippen molar-refractivity contribution in [1.82, 2.24) is 0 Å². The van der Waals surface area contributed by atoms with Gasteiger partial charge in [-0.05, 0) is 30.5 Å². The molecular formula is C13H17Br2FO2S. The molecule has 0 spiro atoms. The smallest absolute Gasteiger partial charge is 0.147 e. The van der Waals surface area contributed by atoms with E-state index in [9.17, 15) is 12.8 Å². The maximum Gasteiger partial charge on any atom is 0.147 e. The summed E-state index contributed by atoms with van der Waals surface area (Å²) in [5.41, 5.74) is 0.800. The molecule has 108 valence electrons. The van der Waals surface area contributed by atoms with E-state index in [1.165, 1.54) is 18.4 Å². The number of halogens is 3. The molecule has 2 nitrogen and oxygen atoms in total. The van der Waals surface area contributed by atoms with Gasteiger partial charge in [-0.3, -0.25) is 0 Å². The van der Waals surface area contributed by atoms with Crippen molar-refractivity contribution in [2.45, 2.75) is 18.3 Å². The Bertz CT molecular complexity index is 496. The first-order valence-electron chi connectivity index (χ1n) is 5.89. The average molecular weight is 416 g/mol. The van der Waals surface area contributed by atoms with E-state index in [1.807, 2.05) is 0 Å². The Balaban J connectivity index is 2.87. The summed E-state index contributed by atoms with van der Waals surface area (Å²) < 4.78 is 35.4. The molecule has 0 bridgehead atoms. The molecule has 19 heavy (non-hydrogen) atoms. The van der Waals surface area contributed by atoms with Crippen molar-refractivity contribution < 1.29 is 12.8 Å². The van der Waals surface area contributed by atoms with Gasteiger partial charge in [0, 0.05) is 28.1 Å². The summed E-state index contributed by atoms with van der Waals surface area (Å²) >= 11 is 6.99. The van der Waals surface area contributed by atoms with Crippen molar-refractivity contribution in [2.75, 3.05) is 22.7 Å². The predicted molar refractivity (Wildman–Crippen MR) is 84.6 cm³/mol. The van der Waals surface area contributed by atoms with Gasteiger partial charge in [-0.25, -0.2) is 12.8 Å². The molecule has 0 radical (unpaired) electrons. The zero-order valence-electron chi connectivity index (χ0n) is 10.7. The second-order valence-electron chi connectivity index (χ2n) is 4.79. The normalized spacial score (nSPS) is 12.6. The summed E-state index contributed by atoms with van der Waals surface area (Å²) in [7, 11) is -2.94. The first-order chi connectivity index (χ1) is 8.83. The van der Waals surface area contributed by atoms with E-state index in [1.54, 1.807) is 12.1 Å². The van der Waals surface area contributed by atoms with Gasteiger partial charge in [-0.15, -0.1) is 0 Å². The first-order valence-corrected chi connectivity index (χ1v) is 10.2. The van der Waals surface area contributed by atoms with Gasteiger partial charge in [0.1, 0.15) is 15.7 Å². The lowest BCUT2D eigenvalue weighted by Crippen LogP contribution is -2.31. The highest BCUT2D eigenvalue weighted by molar-refractivity contribution is 9.09. The molecule has 0 fully saturated rings. The molecule has 0 aliphatic carbocycles. The Kier molecular flexibility index (Phi) is 6.47. The van der Waals surface area contributed by atoms with Crippen molar-refractivity contribution in [3.63, 3.8) is 0 Å². The number of rotatable bonds is 7. The minimum absolute atomic E-state index is 0.177. The Morgan fingerprint density at radius 1 is 1.16 bits per heavy atom. The molecule has 0 N–H and O–H groups in total. The largest absolute Gasteiger partial charge is 0.229 e. The highest BCUT2D eigenvalue weighted by Crippen LogP contribution is 2.34. The molecule has 0 saturated carbocycles. The van der Waals surface area contributed by atoms with Crippen LogP contribution in [0.15, 0.2) is 24.3 Å². The highest BCUT2D eigenvalue weighted by atomic mass is 79.9. The van der Waals surface area contributed by atoms with Gasteiger partial charge in [-0.1, -0.05) is 44.0 Å². The van der Waals surface area contributed by atoms with Gasteiger partial charge >= 0.3 is 0 Å². The van der Waals surface area contributed by atoms with E-state index in [0.29, 0.717) is 17.1 Å². The Morgan fingerprint density at radius 2 is 1.68 bits per heavy atom. The molecule has 1 aromatic rings. The van der Waals surface area contributed by atoms with Gasteiger partial charge in [-0.2, -0.15) is 0 Å². The number of benzene rings is 1. The molecule has 0 aromatic heterocycles. The number of alkyl halides is 2. The van der Waals surface area contributed by atoms with Crippen LogP contribution in [0, 0.1) is 5.82 Å². The Labute approximate surface area is 131 Å². The SMILES string of the molecule is CS(=O)(=O)CCCC(CBr)(CBr)c1ccc(F)cc1. The van der Waals surface area contributed by atoms with Gasteiger partial charge in [0.15, 0.2) is 0 Å². The molecule has 0 atom stereocenters. The minimum atomic E-state index is -2.94. The van der Waals surface area contributed by atoms with Crippen LogP contribution in [0.25, 0.3) is 0 Å². The zero-order valence-corrected chi connectivity index (χ0v) is 14.7. The Morgan fingerprint density at radius 3 is 2.11 bits per heavy atom. The Hall–Kier alpha value is 0.0600. The van der Waals surface area contributed by atoms with Crippen molar-refractivity contribution >= 4 is 41.7 Å². The predicted octanol–water partition coefficient (Wildman–Crippen LogP) is 3.68. The third-order valence-electron chi connectivity index (χ3n) is 3.14. The van der Waals surface area contributed by atoms with Gasteiger partial charge in [0.25, 0.3) is 0 Å². The van der Waals surface area contributed by atoms with E-state index >= 15 is 0 Å². The van der Waals surface area contributed by atoms with Crippen LogP contribution in [0.1, 0.15) is 18.4 Å². The summed E-state index contributed by atoms with van der Waals surface area (Å²) in [6, 6.07) is 6.40. The van der Waals surface area contributed by atoms with Crippen molar-refractivity contribution in [3.8, 4) is 0 Å². The van der Waals surface area contributed by atoms with Gasteiger partial charge < -0.3 is 0 Å². The molecule has 6 heteroatoms. The molecule has 0 heterocycles. The monoisotopic (exact) mass is 414 g/mol. The molecule has 1 aromatic carbocycles. The standard InChI is InChI=1S/C13H17Br2FO2S/c1-19(17,18)8-2-7-13(9-14,10-15)11-3-5-12(16)6-4-11/h3-6H,2,7-10H2,1H3. The van der Waals surface area contributed by atoms with E-state index in [0.717, 1.165) is 12.0 Å². The van der Waals surface area contributed by atoms with Crippen LogP contribution in [-0.2, 0) is 15.3 Å². The van der Waals surface area contributed by atoms with E-state index in [4.69, 9.17) is 0 Å². The van der Waals surface area contributed by atoms with Crippen LogP contribution in [-0.4, -0.2) is 31.1 Å². The fourth-order valence-electron chi connectivity index (χ4n) is 1.94. The van der Waals surface area contributed by atoms with Crippen molar-refractivity contribution in [1.29, 1.82) is 0 Å². The molecular weight excluding hydrogens is 399 g/mol. The summed E-state index contributed by atoms with van der Waals surface area (Å²) in [6.45, 7) is 0. The van der Waals surface area contributed by atoms with E-state index in [2.05, 4.69) is 31.9 Å². The first kappa shape index (κ1) is 17.1. The topological polar surface area (TPSA) is 34.1 Å². The van der Waals surface area contributed by atoms with E-state index in [-0.39, 0.29) is 17.0 Å². The van der Waals surface area contributed by atoms with Crippen LogP contribution in [0.3, 0.4) is 0 Å². The number of sulfone groups is 1.